The van der Waals surface area contributed by atoms with Crippen LogP contribution in [-0.4, -0.2) is 40.0 Å². The molecule has 1 amide bonds. The third-order valence-corrected chi connectivity index (χ3v) is 5.48. The minimum absolute atomic E-state index is 0.00473. The van der Waals surface area contributed by atoms with Crippen molar-refractivity contribution in [2.45, 2.75) is 19.1 Å². The molecule has 118 valence electrons. The van der Waals surface area contributed by atoms with E-state index in [9.17, 15) is 4.79 Å². The van der Waals surface area contributed by atoms with Crippen LogP contribution in [0.2, 0.25) is 0 Å². The molecule has 0 aromatic carbocycles. The number of morpholine rings is 1. The molecule has 0 spiro atoms. The van der Waals surface area contributed by atoms with Gasteiger partial charge < -0.3 is 9.64 Å². The van der Waals surface area contributed by atoms with E-state index in [1.54, 1.807) is 17.5 Å². The molecule has 7 heteroatoms. The Morgan fingerprint density at radius 2 is 2.30 bits per heavy atom. The number of thiazole rings is 1. The van der Waals surface area contributed by atoms with Gasteiger partial charge in [0.05, 0.1) is 12.6 Å². The van der Waals surface area contributed by atoms with Crippen molar-refractivity contribution in [1.29, 1.82) is 0 Å². The number of nitrogens with zero attached hydrogens (tertiary/aromatic N) is 3. The SMILES string of the molecule is C[C@H]1CN(C(=O)c2nc3cccnc3s2)C[C@H](c2ccsc2)O1. The van der Waals surface area contributed by atoms with Crippen LogP contribution < -0.4 is 0 Å². The van der Waals surface area contributed by atoms with Crippen molar-refractivity contribution in [2.75, 3.05) is 13.1 Å². The van der Waals surface area contributed by atoms with Crippen LogP contribution >= 0.6 is 22.7 Å². The first-order valence-electron chi connectivity index (χ1n) is 7.39. The number of amides is 1. The highest BCUT2D eigenvalue weighted by molar-refractivity contribution is 7.19. The quantitative estimate of drug-likeness (QED) is 0.715. The predicted octanol–water partition coefficient (Wildman–Crippen LogP) is 3.36. The van der Waals surface area contributed by atoms with E-state index in [-0.39, 0.29) is 18.1 Å². The number of hydrogen-bond donors (Lipinski definition) is 0. The minimum Gasteiger partial charge on any atom is -0.367 e. The van der Waals surface area contributed by atoms with Crippen molar-refractivity contribution >= 4 is 38.9 Å². The smallest absolute Gasteiger partial charge is 0.283 e. The maximum Gasteiger partial charge on any atom is 0.283 e. The normalized spacial score (nSPS) is 21.7. The zero-order valence-electron chi connectivity index (χ0n) is 12.5. The highest BCUT2D eigenvalue weighted by atomic mass is 32.1. The summed E-state index contributed by atoms with van der Waals surface area (Å²) in [7, 11) is 0. The van der Waals surface area contributed by atoms with E-state index in [2.05, 4.69) is 21.4 Å². The fourth-order valence-electron chi connectivity index (χ4n) is 2.76. The first-order chi connectivity index (χ1) is 11.2. The van der Waals surface area contributed by atoms with Crippen molar-refractivity contribution in [2.24, 2.45) is 0 Å². The number of fused-ring (bicyclic) bond motifs is 1. The van der Waals surface area contributed by atoms with Crippen molar-refractivity contribution in [3.05, 3.63) is 45.7 Å². The Morgan fingerprint density at radius 1 is 1.39 bits per heavy atom. The Bertz CT molecular complexity index is 798. The van der Waals surface area contributed by atoms with Crippen LogP contribution in [0.5, 0.6) is 0 Å². The lowest BCUT2D eigenvalue weighted by Crippen LogP contribution is -2.45. The summed E-state index contributed by atoms with van der Waals surface area (Å²) in [4.78, 5) is 24.2. The van der Waals surface area contributed by atoms with E-state index in [1.165, 1.54) is 11.3 Å². The van der Waals surface area contributed by atoms with Gasteiger partial charge in [0.2, 0.25) is 0 Å². The van der Waals surface area contributed by atoms with Gasteiger partial charge in [-0.15, -0.1) is 0 Å². The predicted molar refractivity (Wildman–Crippen MR) is 90.9 cm³/mol. The van der Waals surface area contributed by atoms with Crippen molar-refractivity contribution in [3.63, 3.8) is 0 Å². The fourth-order valence-corrected chi connectivity index (χ4v) is 4.33. The minimum atomic E-state index is -0.0681. The molecule has 0 aliphatic carbocycles. The zero-order valence-corrected chi connectivity index (χ0v) is 14.1. The summed E-state index contributed by atoms with van der Waals surface area (Å²) in [6.45, 7) is 3.14. The Labute approximate surface area is 141 Å². The first kappa shape index (κ1) is 14.7. The van der Waals surface area contributed by atoms with Crippen LogP contribution in [-0.2, 0) is 4.74 Å². The molecule has 0 radical (unpaired) electrons. The molecule has 4 heterocycles. The Balaban J connectivity index is 1.59. The molecular formula is C16H15N3O2S2. The number of carbonyl (C=O) groups excluding carboxylic acids is 1. The number of pyridine rings is 1. The Morgan fingerprint density at radius 3 is 3.09 bits per heavy atom. The third-order valence-electron chi connectivity index (χ3n) is 3.81. The molecule has 0 saturated carbocycles. The van der Waals surface area contributed by atoms with E-state index < -0.39 is 0 Å². The molecule has 1 saturated heterocycles. The van der Waals surface area contributed by atoms with Crippen molar-refractivity contribution in [3.8, 4) is 0 Å². The van der Waals surface area contributed by atoms with Gasteiger partial charge >= 0.3 is 0 Å². The van der Waals surface area contributed by atoms with E-state index in [0.717, 1.165) is 15.9 Å². The molecule has 3 aromatic heterocycles. The van der Waals surface area contributed by atoms with E-state index in [0.29, 0.717) is 18.1 Å². The van der Waals surface area contributed by atoms with Crippen LogP contribution in [0.4, 0.5) is 0 Å². The number of ether oxygens (including phenoxy) is 1. The van der Waals surface area contributed by atoms with Gasteiger partial charge in [0.25, 0.3) is 5.91 Å². The summed E-state index contributed by atoms with van der Waals surface area (Å²) in [5.74, 6) is -0.0385. The molecule has 1 aliphatic heterocycles. The topological polar surface area (TPSA) is 55.3 Å². The monoisotopic (exact) mass is 345 g/mol. The summed E-state index contributed by atoms with van der Waals surface area (Å²) in [5, 5.41) is 4.60. The summed E-state index contributed by atoms with van der Waals surface area (Å²) in [6.07, 6.45) is 1.66. The number of thiophene rings is 1. The number of hydrogen-bond acceptors (Lipinski definition) is 6. The molecule has 5 nitrogen and oxygen atoms in total. The summed E-state index contributed by atoms with van der Waals surface area (Å²) >= 11 is 2.99. The second-order valence-corrected chi connectivity index (χ2v) is 7.31. The van der Waals surface area contributed by atoms with E-state index in [4.69, 9.17) is 4.74 Å². The van der Waals surface area contributed by atoms with Gasteiger partial charge in [0, 0.05) is 12.7 Å². The van der Waals surface area contributed by atoms with Crippen LogP contribution in [0.1, 0.15) is 28.4 Å². The van der Waals surface area contributed by atoms with Crippen LogP contribution in [0, 0.1) is 0 Å². The largest absolute Gasteiger partial charge is 0.367 e. The van der Waals surface area contributed by atoms with Crippen molar-refractivity contribution in [1.82, 2.24) is 14.9 Å². The molecule has 1 aliphatic rings. The van der Waals surface area contributed by atoms with Gasteiger partial charge in [-0.1, -0.05) is 11.3 Å². The van der Waals surface area contributed by atoms with Gasteiger partial charge in [-0.05, 0) is 41.4 Å². The van der Waals surface area contributed by atoms with E-state index in [1.807, 2.05) is 29.3 Å². The van der Waals surface area contributed by atoms with Crippen molar-refractivity contribution < 1.29 is 9.53 Å². The Kier molecular flexibility index (Phi) is 3.84. The van der Waals surface area contributed by atoms with Crippen LogP contribution in [0.15, 0.2) is 35.2 Å². The van der Waals surface area contributed by atoms with Crippen LogP contribution in [0.25, 0.3) is 10.3 Å². The molecular weight excluding hydrogens is 330 g/mol. The average Bonchev–Trinajstić information content (AvgIpc) is 3.22. The Hall–Kier alpha value is -1.83. The van der Waals surface area contributed by atoms with Gasteiger partial charge in [-0.25, -0.2) is 9.97 Å². The third kappa shape index (κ3) is 2.87. The lowest BCUT2D eigenvalue weighted by Gasteiger charge is -2.36. The van der Waals surface area contributed by atoms with Gasteiger partial charge in [0.15, 0.2) is 5.01 Å². The molecule has 23 heavy (non-hydrogen) atoms. The molecule has 0 N–H and O–H groups in total. The van der Waals surface area contributed by atoms with E-state index >= 15 is 0 Å². The summed E-state index contributed by atoms with van der Waals surface area (Å²) in [5.41, 5.74) is 1.90. The molecule has 4 rings (SSSR count). The second-order valence-electron chi connectivity index (χ2n) is 5.55. The lowest BCUT2D eigenvalue weighted by atomic mass is 10.1. The van der Waals surface area contributed by atoms with Gasteiger partial charge in [-0.2, -0.15) is 11.3 Å². The molecule has 1 fully saturated rings. The zero-order chi connectivity index (χ0) is 15.8. The standard InChI is InChI=1S/C16H15N3O2S2/c1-10-7-19(8-13(21-10)11-4-6-22-9-11)16(20)15-18-12-3-2-5-17-14(12)23-15/h2-6,9-10,13H,7-8H2,1H3/t10-,13+/m0/s1. The first-order valence-corrected chi connectivity index (χ1v) is 9.15. The highest BCUT2D eigenvalue weighted by Gasteiger charge is 2.31. The maximum atomic E-state index is 12.8. The van der Waals surface area contributed by atoms with Gasteiger partial charge in [-0.3, -0.25) is 4.79 Å². The summed E-state index contributed by atoms with van der Waals surface area (Å²) in [6, 6.07) is 5.77. The molecule has 0 unspecified atom stereocenters. The highest BCUT2D eigenvalue weighted by Crippen LogP contribution is 2.28. The molecule has 2 atom stereocenters. The maximum absolute atomic E-state index is 12.8. The number of rotatable bonds is 2. The molecule has 0 bridgehead atoms. The second kappa shape index (κ2) is 5.99. The lowest BCUT2D eigenvalue weighted by molar-refractivity contribution is -0.0690. The summed E-state index contributed by atoms with van der Waals surface area (Å²) < 4.78 is 5.99. The molecule has 3 aromatic rings. The number of aromatic nitrogens is 2. The fraction of sp³-hybridized carbons (Fsp3) is 0.312. The van der Waals surface area contributed by atoms with Gasteiger partial charge in [0.1, 0.15) is 16.5 Å². The number of carbonyl (C=O) groups is 1. The van der Waals surface area contributed by atoms with Crippen LogP contribution in [0.3, 0.4) is 0 Å². The average molecular weight is 345 g/mol.